The highest BCUT2D eigenvalue weighted by molar-refractivity contribution is 7.13. The van der Waals surface area contributed by atoms with Crippen LogP contribution in [-0.4, -0.2) is 4.98 Å². The molecule has 2 N–H and O–H groups in total. The van der Waals surface area contributed by atoms with Crippen LogP contribution in [0.15, 0.2) is 60.0 Å². The molecule has 0 unspecified atom stereocenters. The molecule has 88 valence electrons. The van der Waals surface area contributed by atoms with E-state index in [1.165, 1.54) is 0 Å². The van der Waals surface area contributed by atoms with Crippen LogP contribution >= 0.6 is 11.3 Å². The molecule has 2 aromatic carbocycles. The molecule has 0 bridgehead atoms. The highest BCUT2D eigenvalue weighted by Crippen LogP contribution is 2.28. The predicted molar refractivity (Wildman–Crippen MR) is 77.4 cm³/mol. The average molecular weight is 252 g/mol. The monoisotopic (exact) mass is 252 g/mol. The van der Waals surface area contributed by atoms with E-state index in [0.29, 0.717) is 0 Å². The number of anilines is 1. The van der Waals surface area contributed by atoms with Crippen molar-refractivity contribution < 1.29 is 0 Å². The number of hydrogen-bond donors (Lipinski definition) is 1. The molecule has 18 heavy (non-hydrogen) atoms. The molecule has 2 nitrogen and oxygen atoms in total. The summed E-state index contributed by atoms with van der Waals surface area (Å²) >= 11 is 1.65. The molecule has 0 atom stereocenters. The Bertz CT molecular complexity index is 642. The van der Waals surface area contributed by atoms with Gasteiger partial charge in [0.15, 0.2) is 0 Å². The van der Waals surface area contributed by atoms with Crippen molar-refractivity contribution in [1.29, 1.82) is 0 Å². The lowest BCUT2D eigenvalue weighted by molar-refractivity contribution is 1.40. The summed E-state index contributed by atoms with van der Waals surface area (Å²) in [7, 11) is 0. The van der Waals surface area contributed by atoms with Gasteiger partial charge in [-0.25, -0.2) is 4.98 Å². The van der Waals surface area contributed by atoms with Gasteiger partial charge in [-0.05, 0) is 24.3 Å². The molecule has 0 aliphatic carbocycles. The van der Waals surface area contributed by atoms with Gasteiger partial charge in [0.1, 0.15) is 5.01 Å². The zero-order valence-corrected chi connectivity index (χ0v) is 10.5. The summed E-state index contributed by atoms with van der Waals surface area (Å²) in [5, 5.41) is 3.11. The maximum absolute atomic E-state index is 5.68. The third kappa shape index (κ3) is 2.13. The first-order valence-corrected chi connectivity index (χ1v) is 6.58. The van der Waals surface area contributed by atoms with Crippen LogP contribution in [0, 0.1) is 0 Å². The van der Waals surface area contributed by atoms with Crippen LogP contribution in [0.25, 0.3) is 21.8 Å². The first-order valence-electron chi connectivity index (χ1n) is 5.70. The van der Waals surface area contributed by atoms with E-state index in [4.69, 9.17) is 5.73 Å². The van der Waals surface area contributed by atoms with E-state index in [0.717, 1.165) is 27.5 Å². The lowest BCUT2D eigenvalue weighted by Gasteiger charge is -1.97. The summed E-state index contributed by atoms with van der Waals surface area (Å²) in [5.41, 5.74) is 9.74. The number of thiazole rings is 1. The Morgan fingerprint density at radius 2 is 1.56 bits per heavy atom. The number of nitrogen functional groups attached to an aromatic ring is 1. The predicted octanol–water partition coefficient (Wildman–Crippen LogP) is 4.06. The van der Waals surface area contributed by atoms with Crippen LogP contribution < -0.4 is 5.73 Å². The molecule has 0 amide bonds. The second-order valence-electron chi connectivity index (χ2n) is 4.03. The third-order valence-corrected chi connectivity index (χ3v) is 3.62. The highest BCUT2D eigenvalue weighted by atomic mass is 32.1. The average Bonchev–Trinajstić information content (AvgIpc) is 2.90. The number of hydrogen-bond acceptors (Lipinski definition) is 3. The van der Waals surface area contributed by atoms with Crippen molar-refractivity contribution in [3.8, 4) is 21.8 Å². The molecule has 0 spiro atoms. The fourth-order valence-electron chi connectivity index (χ4n) is 1.77. The van der Waals surface area contributed by atoms with Gasteiger partial charge in [0.2, 0.25) is 0 Å². The van der Waals surface area contributed by atoms with Gasteiger partial charge < -0.3 is 5.73 Å². The zero-order chi connectivity index (χ0) is 12.4. The zero-order valence-electron chi connectivity index (χ0n) is 9.71. The maximum atomic E-state index is 5.68. The van der Waals surface area contributed by atoms with E-state index in [-0.39, 0.29) is 0 Å². The summed E-state index contributed by atoms with van der Waals surface area (Å²) in [6.45, 7) is 0. The molecule has 3 heteroatoms. The molecule has 1 heterocycles. The van der Waals surface area contributed by atoms with Crippen molar-refractivity contribution in [1.82, 2.24) is 4.98 Å². The van der Waals surface area contributed by atoms with Crippen LogP contribution in [0.4, 0.5) is 5.69 Å². The molecule has 3 aromatic rings. The number of nitrogens with two attached hydrogens (primary N) is 1. The first kappa shape index (κ1) is 11.0. The van der Waals surface area contributed by atoms with Crippen molar-refractivity contribution in [2.75, 3.05) is 5.73 Å². The van der Waals surface area contributed by atoms with Crippen LogP contribution in [0.1, 0.15) is 0 Å². The Hall–Kier alpha value is -2.13. The van der Waals surface area contributed by atoms with E-state index < -0.39 is 0 Å². The lowest BCUT2D eigenvalue weighted by atomic mass is 10.2. The van der Waals surface area contributed by atoms with Gasteiger partial charge in [0, 0.05) is 22.2 Å². The van der Waals surface area contributed by atoms with Gasteiger partial charge in [-0.1, -0.05) is 30.3 Å². The van der Waals surface area contributed by atoms with Gasteiger partial charge in [-0.3, -0.25) is 0 Å². The molecule has 0 fully saturated rings. The van der Waals surface area contributed by atoms with Crippen molar-refractivity contribution >= 4 is 17.0 Å². The van der Waals surface area contributed by atoms with Crippen molar-refractivity contribution in [3.05, 3.63) is 60.0 Å². The van der Waals surface area contributed by atoms with E-state index in [1.807, 2.05) is 42.5 Å². The van der Waals surface area contributed by atoms with Gasteiger partial charge >= 0.3 is 0 Å². The Balaban J connectivity index is 1.97. The van der Waals surface area contributed by atoms with E-state index in [2.05, 4.69) is 22.5 Å². The topological polar surface area (TPSA) is 38.9 Å². The number of rotatable bonds is 2. The Morgan fingerprint density at radius 3 is 2.28 bits per heavy atom. The summed E-state index contributed by atoms with van der Waals surface area (Å²) < 4.78 is 0. The highest BCUT2D eigenvalue weighted by Gasteiger charge is 2.05. The smallest absolute Gasteiger partial charge is 0.124 e. The van der Waals surface area contributed by atoms with Crippen LogP contribution in [-0.2, 0) is 0 Å². The Kier molecular flexibility index (Phi) is 2.82. The van der Waals surface area contributed by atoms with Crippen molar-refractivity contribution in [2.24, 2.45) is 0 Å². The summed E-state index contributed by atoms with van der Waals surface area (Å²) in [6, 6.07) is 18.0. The molecule has 3 rings (SSSR count). The third-order valence-electron chi connectivity index (χ3n) is 2.73. The van der Waals surface area contributed by atoms with Crippen LogP contribution in [0.5, 0.6) is 0 Å². The fraction of sp³-hybridized carbons (Fsp3) is 0. The Morgan fingerprint density at radius 1 is 0.833 bits per heavy atom. The molecule has 0 aliphatic rings. The molecular weight excluding hydrogens is 240 g/mol. The molecule has 0 saturated heterocycles. The molecule has 0 aliphatic heterocycles. The van der Waals surface area contributed by atoms with E-state index in [9.17, 15) is 0 Å². The first-order chi connectivity index (χ1) is 8.83. The van der Waals surface area contributed by atoms with Crippen LogP contribution in [0.3, 0.4) is 0 Å². The number of benzene rings is 2. The quantitative estimate of drug-likeness (QED) is 0.698. The minimum absolute atomic E-state index is 0.776. The molecule has 0 saturated carbocycles. The van der Waals surface area contributed by atoms with E-state index >= 15 is 0 Å². The van der Waals surface area contributed by atoms with Gasteiger partial charge in [0.25, 0.3) is 0 Å². The van der Waals surface area contributed by atoms with Crippen LogP contribution in [0.2, 0.25) is 0 Å². The summed E-state index contributed by atoms with van der Waals surface area (Å²) in [5.74, 6) is 0. The molecule has 1 aromatic heterocycles. The van der Waals surface area contributed by atoms with Gasteiger partial charge in [-0.15, -0.1) is 11.3 Å². The lowest BCUT2D eigenvalue weighted by Crippen LogP contribution is -1.83. The standard InChI is InChI=1S/C15H12N2S/c16-13-8-6-12(7-9-13)15-17-14(10-18-15)11-4-2-1-3-5-11/h1-10H,16H2. The summed E-state index contributed by atoms with van der Waals surface area (Å²) in [4.78, 5) is 4.66. The number of aromatic nitrogens is 1. The second kappa shape index (κ2) is 4.63. The minimum atomic E-state index is 0.776. The van der Waals surface area contributed by atoms with E-state index in [1.54, 1.807) is 11.3 Å². The maximum Gasteiger partial charge on any atom is 0.124 e. The minimum Gasteiger partial charge on any atom is -0.399 e. The number of nitrogens with zero attached hydrogens (tertiary/aromatic N) is 1. The SMILES string of the molecule is Nc1ccc(-c2nc(-c3ccccc3)cs2)cc1. The van der Waals surface area contributed by atoms with Gasteiger partial charge in [-0.2, -0.15) is 0 Å². The fourth-order valence-corrected chi connectivity index (χ4v) is 2.61. The normalized spacial score (nSPS) is 10.4. The van der Waals surface area contributed by atoms with Crippen molar-refractivity contribution in [2.45, 2.75) is 0 Å². The largest absolute Gasteiger partial charge is 0.399 e. The summed E-state index contributed by atoms with van der Waals surface area (Å²) in [6.07, 6.45) is 0. The van der Waals surface area contributed by atoms with Crippen molar-refractivity contribution in [3.63, 3.8) is 0 Å². The molecule has 0 radical (unpaired) electrons. The Labute approximate surface area is 110 Å². The molecular formula is C15H12N2S. The second-order valence-corrected chi connectivity index (χ2v) is 4.88. The van der Waals surface area contributed by atoms with Gasteiger partial charge in [0.05, 0.1) is 5.69 Å².